The molecule has 2 aliphatic rings. The third-order valence-electron chi connectivity index (χ3n) is 3.56. The minimum atomic E-state index is 0.0844. The third kappa shape index (κ3) is 1.61. The van der Waals surface area contributed by atoms with Gasteiger partial charge in [-0.3, -0.25) is 9.69 Å². The van der Waals surface area contributed by atoms with E-state index in [0.29, 0.717) is 0 Å². The molecule has 3 heteroatoms. The van der Waals surface area contributed by atoms with Crippen molar-refractivity contribution in [3.63, 3.8) is 0 Å². The number of fused-ring (bicyclic) bond motifs is 1. The number of hydrogen-bond donors (Lipinski definition) is 1. The first-order valence-electron chi connectivity index (χ1n) is 5.93. The second-order valence-corrected chi connectivity index (χ2v) is 4.62. The molecule has 3 nitrogen and oxygen atoms in total. The fraction of sp³-hybridized carbons (Fsp3) is 0.462. The summed E-state index contributed by atoms with van der Waals surface area (Å²) >= 11 is 0. The van der Waals surface area contributed by atoms with Gasteiger partial charge in [-0.15, -0.1) is 0 Å². The molecule has 84 valence electrons. The largest absolute Gasteiger partial charge is 0.355 e. The van der Waals surface area contributed by atoms with Crippen LogP contribution in [0.3, 0.4) is 0 Å². The number of nitrogens with zero attached hydrogens (tertiary/aromatic N) is 1. The molecule has 1 aromatic rings. The van der Waals surface area contributed by atoms with E-state index in [2.05, 4.69) is 34.5 Å². The zero-order valence-corrected chi connectivity index (χ0v) is 9.28. The number of carbonyl (C=O) groups is 1. The van der Waals surface area contributed by atoms with E-state index in [1.807, 2.05) is 0 Å². The highest BCUT2D eigenvalue weighted by Gasteiger charge is 2.31. The Bertz CT molecular complexity index is 391. The Morgan fingerprint density at radius 1 is 1.19 bits per heavy atom. The third-order valence-corrected chi connectivity index (χ3v) is 3.56. The van der Waals surface area contributed by atoms with E-state index in [9.17, 15) is 4.79 Å². The van der Waals surface area contributed by atoms with Gasteiger partial charge in [0.25, 0.3) is 0 Å². The van der Waals surface area contributed by atoms with Gasteiger partial charge in [-0.05, 0) is 24.0 Å². The van der Waals surface area contributed by atoms with Crippen LogP contribution >= 0.6 is 0 Å². The van der Waals surface area contributed by atoms with Crippen LogP contribution in [0.4, 0.5) is 0 Å². The van der Waals surface area contributed by atoms with Gasteiger partial charge in [0.1, 0.15) is 0 Å². The molecule has 0 radical (unpaired) electrons. The molecule has 1 aromatic carbocycles. The lowest BCUT2D eigenvalue weighted by molar-refractivity contribution is -0.128. The van der Waals surface area contributed by atoms with Crippen molar-refractivity contribution in [2.45, 2.75) is 32.0 Å². The van der Waals surface area contributed by atoms with E-state index in [1.54, 1.807) is 0 Å². The van der Waals surface area contributed by atoms with Crippen molar-refractivity contribution in [3.05, 3.63) is 35.4 Å². The molecule has 3 rings (SSSR count). The Morgan fingerprint density at radius 2 is 1.88 bits per heavy atom. The molecule has 2 aliphatic heterocycles. The molecule has 1 saturated heterocycles. The van der Waals surface area contributed by atoms with Gasteiger partial charge in [0, 0.05) is 19.6 Å². The van der Waals surface area contributed by atoms with Crippen LogP contribution in [0.15, 0.2) is 24.3 Å². The van der Waals surface area contributed by atoms with Crippen LogP contribution in [-0.2, 0) is 17.9 Å². The number of piperidine rings is 1. The number of carbonyl (C=O) groups excluding carboxylic acids is 1. The van der Waals surface area contributed by atoms with E-state index in [0.717, 1.165) is 32.5 Å². The summed E-state index contributed by atoms with van der Waals surface area (Å²) in [6.07, 6.45) is 2.10. The Balaban J connectivity index is 1.77. The lowest BCUT2D eigenvalue weighted by Gasteiger charge is -2.29. The Hall–Kier alpha value is -1.35. The normalized spacial score (nSPS) is 25.2. The molecule has 2 heterocycles. The molecule has 1 fully saturated rings. The summed E-state index contributed by atoms with van der Waals surface area (Å²) in [5.41, 5.74) is 2.75. The van der Waals surface area contributed by atoms with Gasteiger partial charge in [0.2, 0.25) is 5.91 Å². The predicted octanol–water partition coefficient (Wildman–Crippen LogP) is 1.28. The van der Waals surface area contributed by atoms with Gasteiger partial charge in [-0.1, -0.05) is 24.3 Å². The maximum absolute atomic E-state index is 11.8. The van der Waals surface area contributed by atoms with E-state index in [4.69, 9.17) is 0 Å². The summed E-state index contributed by atoms with van der Waals surface area (Å²) in [4.78, 5) is 14.1. The Labute approximate surface area is 95.4 Å². The molecular formula is C13H16N2O. The highest BCUT2D eigenvalue weighted by Crippen LogP contribution is 2.26. The Morgan fingerprint density at radius 3 is 2.50 bits per heavy atom. The first-order chi connectivity index (χ1) is 7.84. The smallest absolute Gasteiger partial charge is 0.237 e. The molecule has 0 spiro atoms. The van der Waals surface area contributed by atoms with Crippen molar-refractivity contribution in [2.24, 2.45) is 0 Å². The van der Waals surface area contributed by atoms with Crippen molar-refractivity contribution in [1.82, 2.24) is 10.2 Å². The zero-order valence-electron chi connectivity index (χ0n) is 9.28. The van der Waals surface area contributed by atoms with Gasteiger partial charge in [0.05, 0.1) is 6.04 Å². The van der Waals surface area contributed by atoms with Gasteiger partial charge >= 0.3 is 0 Å². The van der Waals surface area contributed by atoms with E-state index < -0.39 is 0 Å². The highest BCUT2D eigenvalue weighted by molar-refractivity contribution is 5.82. The first kappa shape index (κ1) is 9.85. The molecule has 0 unspecified atom stereocenters. The second-order valence-electron chi connectivity index (χ2n) is 4.62. The zero-order chi connectivity index (χ0) is 11.0. The van der Waals surface area contributed by atoms with Gasteiger partial charge in [-0.2, -0.15) is 0 Å². The van der Waals surface area contributed by atoms with Crippen molar-refractivity contribution >= 4 is 5.91 Å². The minimum absolute atomic E-state index is 0.0844. The van der Waals surface area contributed by atoms with Crippen molar-refractivity contribution < 1.29 is 4.79 Å². The van der Waals surface area contributed by atoms with Crippen LogP contribution in [0.2, 0.25) is 0 Å². The second kappa shape index (κ2) is 3.91. The number of nitrogens with one attached hydrogen (secondary N) is 1. The Kier molecular flexibility index (Phi) is 2.40. The fourth-order valence-electron chi connectivity index (χ4n) is 2.68. The number of hydrogen-bond acceptors (Lipinski definition) is 2. The van der Waals surface area contributed by atoms with Crippen LogP contribution in [-0.4, -0.2) is 23.4 Å². The van der Waals surface area contributed by atoms with Crippen LogP contribution in [0.5, 0.6) is 0 Å². The molecule has 0 aliphatic carbocycles. The predicted molar refractivity (Wildman–Crippen MR) is 61.7 cm³/mol. The summed E-state index contributed by atoms with van der Waals surface area (Å²) in [6, 6.07) is 8.56. The van der Waals surface area contributed by atoms with E-state index in [1.165, 1.54) is 11.1 Å². The molecular weight excluding hydrogens is 200 g/mol. The molecule has 0 bridgehead atoms. The lowest BCUT2D eigenvalue weighted by atomic mass is 10.1. The van der Waals surface area contributed by atoms with Crippen LogP contribution in [0.25, 0.3) is 0 Å². The average Bonchev–Trinajstić information content (AvgIpc) is 2.73. The van der Waals surface area contributed by atoms with E-state index >= 15 is 0 Å². The first-order valence-corrected chi connectivity index (χ1v) is 5.93. The summed E-state index contributed by atoms with van der Waals surface area (Å²) in [6.45, 7) is 2.69. The maximum Gasteiger partial charge on any atom is 0.237 e. The van der Waals surface area contributed by atoms with E-state index in [-0.39, 0.29) is 11.9 Å². The van der Waals surface area contributed by atoms with Gasteiger partial charge in [0.15, 0.2) is 0 Å². The average molecular weight is 216 g/mol. The molecule has 16 heavy (non-hydrogen) atoms. The summed E-state index contributed by atoms with van der Waals surface area (Å²) in [7, 11) is 0. The summed E-state index contributed by atoms with van der Waals surface area (Å²) in [5.74, 6) is 0.207. The van der Waals surface area contributed by atoms with Crippen molar-refractivity contribution in [3.8, 4) is 0 Å². The molecule has 1 amide bonds. The number of amides is 1. The van der Waals surface area contributed by atoms with Crippen LogP contribution in [0.1, 0.15) is 24.0 Å². The molecule has 0 aromatic heterocycles. The summed E-state index contributed by atoms with van der Waals surface area (Å²) < 4.78 is 0. The lowest BCUT2D eigenvalue weighted by Crippen LogP contribution is -2.48. The molecule has 0 saturated carbocycles. The van der Waals surface area contributed by atoms with Crippen molar-refractivity contribution in [1.29, 1.82) is 0 Å². The number of benzene rings is 1. The molecule has 1 N–H and O–H groups in total. The quantitative estimate of drug-likeness (QED) is 0.767. The van der Waals surface area contributed by atoms with Crippen LogP contribution in [0, 0.1) is 0 Å². The van der Waals surface area contributed by atoms with Crippen LogP contribution < -0.4 is 5.32 Å². The maximum atomic E-state index is 11.8. The van der Waals surface area contributed by atoms with Gasteiger partial charge < -0.3 is 5.32 Å². The standard InChI is InChI=1S/C13H16N2O/c16-13-12(6-3-7-14-13)15-8-10-4-1-2-5-11(10)9-15/h1-2,4-5,12H,3,6-9H2,(H,14,16)/t12-/m0/s1. The fourth-order valence-corrected chi connectivity index (χ4v) is 2.68. The summed E-state index contributed by atoms with van der Waals surface area (Å²) in [5, 5.41) is 2.96. The minimum Gasteiger partial charge on any atom is -0.355 e. The topological polar surface area (TPSA) is 32.3 Å². The van der Waals surface area contributed by atoms with Gasteiger partial charge in [-0.25, -0.2) is 0 Å². The molecule has 1 atom stereocenters. The SMILES string of the molecule is O=C1NCCC[C@@H]1N1Cc2ccccc2C1. The number of rotatable bonds is 1. The van der Waals surface area contributed by atoms with Crippen molar-refractivity contribution in [2.75, 3.05) is 6.54 Å². The monoisotopic (exact) mass is 216 g/mol. The highest BCUT2D eigenvalue weighted by atomic mass is 16.2.